The number of carbonyl (C=O) groups excluding carboxylic acids is 2. The first-order valence-electron chi connectivity index (χ1n) is 25.8. The van der Waals surface area contributed by atoms with E-state index in [0.717, 1.165) is 77.0 Å². The van der Waals surface area contributed by atoms with Crippen LogP contribution in [0.4, 0.5) is 0 Å². The van der Waals surface area contributed by atoms with Crippen molar-refractivity contribution in [2.24, 2.45) is 0 Å². The molecule has 0 aromatic carbocycles. The first-order valence-corrected chi connectivity index (χ1v) is 25.8. The number of carbonyl (C=O) groups is 2. The molecule has 0 amide bonds. The Morgan fingerprint density at radius 2 is 0.750 bits per heavy atom. The highest BCUT2D eigenvalue weighted by Gasteiger charge is 2.17. The minimum absolute atomic E-state index is 0.0703. The molecule has 0 aromatic heterocycles. The predicted molar refractivity (Wildman–Crippen MR) is 261 cm³/mol. The molecule has 0 aliphatic carbocycles. The molecule has 5 nitrogen and oxygen atoms in total. The molecule has 5 heteroatoms. The monoisotopic (exact) mass is 839 g/mol. The van der Waals surface area contributed by atoms with Crippen LogP contribution in [0.3, 0.4) is 0 Å². The fraction of sp³-hybridized carbons (Fsp3) is 0.782. The van der Waals surface area contributed by atoms with Crippen LogP contribution in [-0.4, -0.2) is 37.9 Å². The van der Waals surface area contributed by atoms with Gasteiger partial charge in [-0.15, -0.1) is 0 Å². The molecule has 0 radical (unpaired) electrons. The third-order valence-electron chi connectivity index (χ3n) is 11.0. The van der Waals surface area contributed by atoms with Crippen LogP contribution in [0.2, 0.25) is 0 Å². The average molecular weight is 839 g/mol. The second-order valence-electron chi connectivity index (χ2n) is 17.0. The Labute approximate surface area is 373 Å². The first-order chi connectivity index (χ1) is 29.6. The molecule has 0 aromatic rings. The molecule has 0 fully saturated rings. The van der Waals surface area contributed by atoms with Crippen LogP contribution in [0.15, 0.2) is 60.8 Å². The van der Waals surface area contributed by atoms with E-state index in [9.17, 15) is 9.59 Å². The number of unbranched alkanes of at least 4 members (excludes halogenated alkanes) is 26. The third kappa shape index (κ3) is 48.3. The Morgan fingerprint density at radius 1 is 0.383 bits per heavy atom. The van der Waals surface area contributed by atoms with Crippen LogP contribution in [-0.2, 0) is 23.8 Å². The van der Waals surface area contributed by atoms with Gasteiger partial charge in [-0.05, 0) is 83.5 Å². The highest BCUT2D eigenvalue weighted by Crippen LogP contribution is 2.15. The van der Waals surface area contributed by atoms with E-state index in [-0.39, 0.29) is 25.2 Å². The number of hydrogen-bond acceptors (Lipinski definition) is 5. The molecule has 0 heterocycles. The summed E-state index contributed by atoms with van der Waals surface area (Å²) in [6, 6.07) is 0. The Balaban J connectivity index is 4.22. The highest BCUT2D eigenvalue weighted by atomic mass is 16.6. The Kier molecular flexibility index (Phi) is 48.9. The van der Waals surface area contributed by atoms with Crippen molar-refractivity contribution >= 4 is 11.9 Å². The maximum atomic E-state index is 12.8. The van der Waals surface area contributed by atoms with Gasteiger partial charge in [-0.2, -0.15) is 0 Å². The van der Waals surface area contributed by atoms with Gasteiger partial charge in [0.15, 0.2) is 6.10 Å². The van der Waals surface area contributed by atoms with Crippen molar-refractivity contribution in [1.82, 2.24) is 0 Å². The van der Waals surface area contributed by atoms with Gasteiger partial charge in [0.05, 0.1) is 6.61 Å². The van der Waals surface area contributed by atoms with Crippen molar-refractivity contribution in [3.8, 4) is 0 Å². The number of allylic oxidation sites excluding steroid dienone is 10. The fourth-order valence-electron chi connectivity index (χ4n) is 7.20. The van der Waals surface area contributed by atoms with Crippen LogP contribution in [0.5, 0.6) is 0 Å². The Bertz CT molecular complexity index is 1040. The molecule has 1 atom stereocenters. The molecule has 0 saturated heterocycles. The van der Waals surface area contributed by atoms with Crippen LogP contribution in [0.25, 0.3) is 0 Å². The molecule has 0 N–H and O–H groups in total. The summed E-state index contributed by atoms with van der Waals surface area (Å²) in [4.78, 5) is 25.3. The lowest BCUT2D eigenvalue weighted by atomic mass is 10.1. The number of esters is 2. The zero-order chi connectivity index (χ0) is 43.5. The number of rotatable bonds is 47. The van der Waals surface area contributed by atoms with E-state index in [1.165, 1.54) is 141 Å². The lowest BCUT2D eigenvalue weighted by Gasteiger charge is -2.18. The molecule has 0 aliphatic heterocycles. The summed E-state index contributed by atoms with van der Waals surface area (Å²) in [5.74, 6) is -0.427. The lowest BCUT2D eigenvalue weighted by Crippen LogP contribution is -2.30. The molecular formula is C55H98O5. The lowest BCUT2D eigenvalue weighted by molar-refractivity contribution is -0.163. The minimum atomic E-state index is -0.547. The van der Waals surface area contributed by atoms with Crippen molar-refractivity contribution < 1.29 is 23.8 Å². The number of ether oxygens (including phenoxy) is 3. The molecule has 0 saturated carbocycles. The van der Waals surface area contributed by atoms with Crippen LogP contribution in [0, 0.1) is 0 Å². The summed E-state index contributed by atoms with van der Waals surface area (Å²) in [7, 11) is 0. The minimum Gasteiger partial charge on any atom is -0.462 e. The summed E-state index contributed by atoms with van der Waals surface area (Å²) < 4.78 is 17.4. The normalized spacial score (nSPS) is 12.7. The van der Waals surface area contributed by atoms with Crippen molar-refractivity contribution in [1.29, 1.82) is 0 Å². The molecule has 0 bridgehead atoms. The molecule has 1 unspecified atom stereocenters. The quantitative estimate of drug-likeness (QED) is 0.0347. The van der Waals surface area contributed by atoms with Gasteiger partial charge in [0.1, 0.15) is 6.61 Å². The molecule has 0 aliphatic rings. The number of hydrogen-bond donors (Lipinski definition) is 0. The predicted octanol–water partition coefficient (Wildman–Crippen LogP) is 17.3. The van der Waals surface area contributed by atoms with Crippen molar-refractivity contribution in [2.45, 2.75) is 258 Å². The standard InChI is InChI=1S/C55H98O5/c1-4-7-10-13-16-19-22-24-25-26-27-28-29-30-32-35-38-41-44-47-50-58-51-53(60-55(57)49-46-43-40-37-33-21-18-15-12-9-6-3)52-59-54(56)48-45-42-39-36-34-31-23-20-17-14-11-8-5-2/h8,11,16-17,19-20,24-25,31,34,53H,4-7,9-10,12-15,18,21-23,26-30,32-33,35-52H2,1-3H3/b11-8-,19-16-,20-17-,25-24-,34-31-. The maximum Gasteiger partial charge on any atom is 0.306 e. The fourth-order valence-corrected chi connectivity index (χ4v) is 7.20. The smallest absolute Gasteiger partial charge is 0.306 e. The molecule has 60 heavy (non-hydrogen) atoms. The topological polar surface area (TPSA) is 61.8 Å². The molecule has 0 rings (SSSR count). The van der Waals surface area contributed by atoms with Gasteiger partial charge in [0.2, 0.25) is 0 Å². The van der Waals surface area contributed by atoms with E-state index in [2.05, 4.69) is 81.5 Å². The van der Waals surface area contributed by atoms with Crippen LogP contribution in [0.1, 0.15) is 252 Å². The van der Waals surface area contributed by atoms with Crippen molar-refractivity contribution in [3.63, 3.8) is 0 Å². The summed E-state index contributed by atoms with van der Waals surface area (Å²) in [6.45, 7) is 7.67. The average Bonchev–Trinajstić information content (AvgIpc) is 3.25. The Hall–Kier alpha value is -2.40. The molecule has 348 valence electrons. The molecule has 0 spiro atoms. The summed E-state index contributed by atoms with van der Waals surface area (Å²) in [5.41, 5.74) is 0. The van der Waals surface area contributed by atoms with E-state index in [4.69, 9.17) is 14.2 Å². The van der Waals surface area contributed by atoms with Gasteiger partial charge in [-0.3, -0.25) is 9.59 Å². The van der Waals surface area contributed by atoms with E-state index in [0.29, 0.717) is 19.4 Å². The van der Waals surface area contributed by atoms with E-state index >= 15 is 0 Å². The second kappa shape index (κ2) is 51.0. The summed E-state index contributed by atoms with van der Waals surface area (Å²) in [5, 5.41) is 0. The van der Waals surface area contributed by atoms with E-state index < -0.39 is 6.10 Å². The van der Waals surface area contributed by atoms with E-state index in [1.807, 2.05) is 0 Å². The highest BCUT2D eigenvalue weighted by molar-refractivity contribution is 5.70. The third-order valence-corrected chi connectivity index (χ3v) is 11.0. The largest absolute Gasteiger partial charge is 0.462 e. The zero-order valence-electron chi connectivity index (χ0n) is 40.0. The van der Waals surface area contributed by atoms with Gasteiger partial charge >= 0.3 is 11.9 Å². The van der Waals surface area contributed by atoms with Gasteiger partial charge in [0.25, 0.3) is 0 Å². The van der Waals surface area contributed by atoms with Gasteiger partial charge in [-0.1, -0.05) is 216 Å². The Morgan fingerprint density at radius 3 is 1.25 bits per heavy atom. The molecular weight excluding hydrogens is 741 g/mol. The van der Waals surface area contributed by atoms with E-state index in [1.54, 1.807) is 0 Å². The van der Waals surface area contributed by atoms with Gasteiger partial charge in [-0.25, -0.2) is 0 Å². The second-order valence-corrected chi connectivity index (χ2v) is 17.0. The van der Waals surface area contributed by atoms with Gasteiger partial charge < -0.3 is 14.2 Å². The first kappa shape index (κ1) is 57.6. The zero-order valence-corrected chi connectivity index (χ0v) is 40.0. The summed E-state index contributed by atoms with van der Waals surface area (Å²) >= 11 is 0. The van der Waals surface area contributed by atoms with Crippen molar-refractivity contribution in [2.75, 3.05) is 19.8 Å². The summed E-state index contributed by atoms with van der Waals surface area (Å²) in [6.07, 6.45) is 63.7. The SMILES string of the molecule is CC/C=C\C/C=C\C/C=C\CCCCCC(=O)OCC(COCCCCCCCCCCCC/C=C\C/C=C\CCCCC)OC(=O)CCCCCCCCCCCCC. The van der Waals surface area contributed by atoms with Crippen molar-refractivity contribution in [3.05, 3.63) is 60.8 Å². The van der Waals surface area contributed by atoms with Crippen LogP contribution < -0.4 is 0 Å². The maximum absolute atomic E-state index is 12.8. The van der Waals surface area contributed by atoms with Gasteiger partial charge in [0, 0.05) is 19.4 Å². The van der Waals surface area contributed by atoms with Crippen LogP contribution >= 0.6 is 0 Å².